The van der Waals surface area contributed by atoms with Gasteiger partial charge in [-0.3, -0.25) is 4.79 Å². The fraction of sp³-hybridized carbons (Fsp3) is 0.278. The van der Waals surface area contributed by atoms with Crippen molar-refractivity contribution in [1.29, 1.82) is 0 Å². The zero-order valence-corrected chi connectivity index (χ0v) is 16.4. The fourth-order valence-corrected chi connectivity index (χ4v) is 4.55. The van der Waals surface area contributed by atoms with Gasteiger partial charge in [-0.15, -0.1) is 11.8 Å². The van der Waals surface area contributed by atoms with Crippen molar-refractivity contribution < 1.29 is 22.0 Å². The predicted molar refractivity (Wildman–Crippen MR) is 100 cm³/mol. The van der Waals surface area contributed by atoms with Gasteiger partial charge in [-0.2, -0.15) is 0 Å². The number of carbonyl (C=O) groups is 1. The molecule has 0 spiro atoms. The molecule has 0 atom stereocenters. The van der Waals surface area contributed by atoms with E-state index in [-0.39, 0.29) is 16.6 Å². The van der Waals surface area contributed by atoms with Crippen molar-refractivity contribution in [1.82, 2.24) is 4.31 Å². The highest BCUT2D eigenvalue weighted by Crippen LogP contribution is 2.32. The number of carbonyl (C=O) groups excluding carboxylic acids is 1. The lowest BCUT2D eigenvalue weighted by molar-refractivity contribution is -0.116. The molecule has 0 fully saturated rings. The van der Waals surface area contributed by atoms with Gasteiger partial charge in [0.15, 0.2) is 11.6 Å². The molecule has 144 valence electrons. The Bertz CT molecular complexity index is 994. The maximum absolute atomic E-state index is 13.3. The van der Waals surface area contributed by atoms with Crippen LogP contribution >= 0.6 is 11.8 Å². The summed E-state index contributed by atoms with van der Waals surface area (Å²) in [6.07, 6.45) is 0.563. The third-order valence-corrected chi connectivity index (χ3v) is 7.07. The Morgan fingerprint density at radius 1 is 1.15 bits per heavy atom. The Kier molecular flexibility index (Phi) is 5.55. The molecule has 0 radical (unpaired) electrons. The Morgan fingerprint density at radius 2 is 1.89 bits per heavy atom. The van der Waals surface area contributed by atoms with Crippen molar-refractivity contribution in [2.45, 2.75) is 16.2 Å². The molecule has 0 N–H and O–H groups in total. The average molecular weight is 412 g/mol. The lowest BCUT2D eigenvalue weighted by Crippen LogP contribution is -2.30. The maximum Gasteiger partial charge on any atom is 0.242 e. The Hall–Kier alpha value is -1.97. The van der Waals surface area contributed by atoms with E-state index in [0.29, 0.717) is 23.5 Å². The Morgan fingerprint density at radius 3 is 2.56 bits per heavy atom. The zero-order chi connectivity index (χ0) is 19.8. The molecule has 0 saturated carbocycles. The first-order chi connectivity index (χ1) is 12.7. The largest absolute Gasteiger partial charge is 0.311 e. The zero-order valence-electron chi connectivity index (χ0n) is 14.8. The smallest absolute Gasteiger partial charge is 0.242 e. The number of thioether (sulfide) groups is 1. The van der Waals surface area contributed by atoms with Gasteiger partial charge in [-0.25, -0.2) is 21.5 Å². The van der Waals surface area contributed by atoms with Crippen molar-refractivity contribution in [3.63, 3.8) is 0 Å². The van der Waals surface area contributed by atoms with Gasteiger partial charge >= 0.3 is 0 Å². The molecule has 1 aliphatic heterocycles. The molecule has 5 nitrogen and oxygen atoms in total. The van der Waals surface area contributed by atoms with Crippen LogP contribution < -0.4 is 4.90 Å². The molecule has 1 amide bonds. The van der Waals surface area contributed by atoms with E-state index in [1.807, 2.05) is 0 Å². The van der Waals surface area contributed by atoms with E-state index in [9.17, 15) is 22.0 Å². The van der Waals surface area contributed by atoms with Crippen LogP contribution in [0, 0.1) is 11.6 Å². The van der Waals surface area contributed by atoms with Gasteiger partial charge in [0.2, 0.25) is 15.9 Å². The fourth-order valence-electron chi connectivity index (χ4n) is 2.80. The van der Waals surface area contributed by atoms with E-state index in [2.05, 4.69) is 0 Å². The summed E-state index contributed by atoms with van der Waals surface area (Å²) in [5, 5.41) is 0. The van der Waals surface area contributed by atoms with Crippen molar-refractivity contribution in [2.75, 3.05) is 31.3 Å². The molecule has 9 heteroatoms. The molecule has 1 aliphatic rings. The third-order valence-electron chi connectivity index (χ3n) is 4.28. The molecular formula is C18H18F2N2O3S2. The summed E-state index contributed by atoms with van der Waals surface area (Å²) >= 11 is 1.12. The quantitative estimate of drug-likeness (QED) is 0.709. The number of halogens is 2. The van der Waals surface area contributed by atoms with E-state index >= 15 is 0 Å². The number of sulfonamides is 1. The highest BCUT2D eigenvalue weighted by Gasteiger charge is 2.27. The highest BCUT2D eigenvalue weighted by molar-refractivity contribution is 8.00. The van der Waals surface area contributed by atoms with Crippen LogP contribution in [-0.4, -0.2) is 45.0 Å². The van der Waals surface area contributed by atoms with Gasteiger partial charge in [0, 0.05) is 31.2 Å². The van der Waals surface area contributed by atoms with Gasteiger partial charge in [0.05, 0.1) is 10.6 Å². The maximum atomic E-state index is 13.3. The Labute approximate surface area is 161 Å². The van der Waals surface area contributed by atoms with Crippen LogP contribution in [0.4, 0.5) is 14.5 Å². The van der Waals surface area contributed by atoms with Gasteiger partial charge in [0.25, 0.3) is 0 Å². The lowest BCUT2D eigenvalue weighted by atomic mass is 10.2. The molecule has 0 aliphatic carbocycles. The van der Waals surface area contributed by atoms with Crippen LogP contribution in [0.3, 0.4) is 0 Å². The minimum absolute atomic E-state index is 0.0717. The van der Waals surface area contributed by atoms with Gasteiger partial charge in [-0.05, 0) is 48.4 Å². The second-order valence-electron chi connectivity index (χ2n) is 6.24. The van der Waals surface area contributed by atoms with Crippen LogP contribution in [0.15, 0.2) is 46.2 Å². The summed E-state index contributed by atoms with van der Waals surface area (Å²) in [6, 6.07) is 8.23. The van der Waals surface area contributed by atoms with E-state index in [0.717, 1.165) is 33.8 Å². The van der Waals surface area contributed by atoms with Gasteiger partial charge in [0.1, 0.15) is 0 Å². The minimum Gasteiger partial charge on any atom is -0.311 e. The van der Waals surface area contributed by atoms with Crippen LogP contribution in [0.2, 0.25) is 0 Å². The van der Waals surface area contributed by atoms with E-state index in [4.69, 9.17) is 0 Å². The van der Waals surface area contributed by atoms with Crippen LogP contribution in [-0.2, 0) is 21.2 Å². The number of benzene rings is 2. The van der Waals surface area contributed by atoms with Crippen LogP contribution in [0.25, 0.3) is 0 Å². The molecule has 1 heterocycles. The molecule has 0 saturated heterocycles. The monoisotopic (exact) mass is 412 g/mol. The third kappa shape index (κ3) is 3.99. The van der Waals surface area contributed by atoms with Crippen LogP contribution in [0.5, 0.6) is 0 Å². The molecule has 2 aromatic carbocycles. The second-order valence-corrected chi connectivity index (χ2v) is 9.44. The van der Waals surface area contributed by atoms with Crippen molar-refractivity contribution in [2.24, 2.45) is 0 Å². The SMILES string of the molecule is CN(C)S(=O)(=O)c1ccc2c(c1)CCN2C(=O)CSc1ccc(F)c(F)c1. The first kappa shape index (κ1) is 19.8. The van der Waals surface area contributed by atoms with E-state index < -0.39 is 21.7 Å². The molecule has 3 rings (SSSR count). The Balaban J connectivity index is 1.73. The molecular weight excluding hydrogens is 394 g/mol. The van der Waals surface area contributed by atoms with Gasteiger partial charge in [-0.1, -0.05) is 0 Å². The number of nitrogens with zero attached hydrogens (tertiary/aromatic N) is 2. The summed E-state index contributed by atoms with van der Waals surface area (Å²) in [6.45, 7) is 0.456. The number of rotatable bonds is 5. The summed E-state index contributed by atoms with van der Waals surface area (Å²) in [4.78, 5) is 14.8. The van der Waals surface area contributed by atoms with Crippen molar-refractivity contribution >= 4 is 33.4 Å². The molecule has 27 heavy (non-hydrogen) atoms. The average Bonchev–Trinajstić information content (AvgIpc) is 3.05. The number of hydrogen-bond acceptors (Lipinski definition) is 4. The summed E-state index contributed by atoms with van der Waals surface area (Å²) in [7, 11) is -0.598. The number of hydrogen-bond donors (Lipinski definition) is 0. The molecule has 2 aromatic rings. The van der Waals surface area contributed by atoms with E-state index in [1.165, 1.54) is 26.2 Å². The molecule has 0 aromatic heterocycles. The van der Waals surface area contributed by atoms with Gasteiger partial charge < -0.3 is 4.90 Å². The first-order valence-electron chi connectivity index (χ1n) is 8.14. The first-order valence-corrected chi connectivity index (χ1v) is 10.6. The predicted octanol–water partition coefficient (Wildman–Crippen LogP) is 2.90. The standard InChI is InChI=1S/C18H18F2N2O3S2/c1-21(2)27(24,25)14-4-6-17-12(9-14)7-8-22(17)18(23)11-26-13-3-5-15(19)16(20)10-13/h3-6,9-10H,7-8,11H2,1-2H3. The minimum atomic E-state index is -3.53. The highest BCUT2D eigenvalue weighted by atomic mass is 32.2. The lowest BCUT2D eigenvalue weighted by Gasteiger charge is -2.18. The van der Waals surface area contributed by atoms with E-state index in [1.54, 1.807) is 17.0 Å². The number of anilines is 1. The molecule has 0 unspecified atom stereocenters. The second kappa shape index (κ2) is 7.57. The van der Waals surface area contributed by atoms with Crippen molar-refractivity contribution in [3.8, 4) is 0 Å². The summed E-state index contributed by atoms with van der Waals surface area (Å²) in [5.74, 6) is -1.98. The van der Waals surface area contributed by atoms with Crippen molar-refractivity contribution in [3.05, 3.63) is 53.6 Å². The summed E-state index contributed by atoms with van der Waals surface area (Å²) < 4.78 is 51.9. The summed E-state index contributed by atoms with van der Waals surface area (Å²) in [5.41, 5.74) is 1.48. The number of amides is 1. The normalized spacial score (nSPS) is 13.9. The molecule has 0 bridgehead atoms. The number of fused-ring (bicyclic) bond motifs is 1. The topological polar surface area (TPSA) is 57.7 Å². The van der Waals surface area contributed by atoms with Crippen LogP contribution in [0.1, 0.15) is 5.56 Å².